The van der Waals surface area contributed by atoms with Crippen molar-refractivity contribution in [3.63, 3.8) is 0 Å². The van der Waals surface area contributed by atoms with Crippen LogP contribution in [0, 0.1) is 5.41 Å². The van der Waals surface area contributed by atoms with Gasteiger partial charge >= 0.3 is 5.97 Å². The van der Waals surface area contributed by atoms with Crippen molar-refractivity contribution in [1.82, 2.24) is 0 Å². The summed E-state index contributed by atoms with van der Waals surface area (Å²) in [5, 5.41) is 11.6. The summed E-state index contributed by atoms with van der Waals surface area (Å²) in [6, 6.07) is 14.5. The summed E-state index contributed by atoms with van der Waals surface area (Å²) in [4.78, 5) is 13.3. The fourth-order valence-corrected chi connectivity index (χ4v) is 2.55. The van der Waals surface area contributed by atoms with Gasteiger partial charge in [-0.05, 0) is 35.7 Å². The van der Waals surface area contributed by atoms with E-state index in [4.69, 9.17) is 0 Å². The summed E-state index contributed by atoms with van der Waals surface area (Å²) in [6.07, 6.45) is 1.58. The number of fused-ring (bicyclic) bond motifs is 1. The molecule has 0 spiro atoms. The van der Waals surface area contributed by atoms with E-state index in [2.05, 4.69) is 30.3 Å². The first-order valence-corrected chi connectivity index (χ1v) is 6.54. The fraction of sp³-hybridized carbons (Fsp3) is 0.312. The minimum atomic E-state index is -0.667. The zero-order chi connectivity index (χ0) is 13.5. The number of anilines is 1. The topological polar surface area (TPSA) is 40.5 Å². The summed E-state index contributed by atoms with van der Waals surface area (Å²) in [5.74, 6) is -0.667. The van der Waals surface area contributed by atoms with E-state index in [1.165, 1.54) is 10.8 Å². The first-order valence-electron chi connectivity index (χ1n) is 6.54. The highest BCUT2D eigenvalue weighted by Gasteiger charge is 2.50. The third-order valence-electron chi connectivity index (χ3n) is 4.02. The zero-order valence-corrected chi connectivity index (χ0v) is 11.0. The summed E-state index contributed by atoms with van der Waals surface area (Å²) in [7, 11) is 1.97. The van der Waals surface area contributed by atoms with E-state index in [1.54, 1.807) is 0 Å². The first-order chi connectivity index (χ1) is 9.11. The molecule has 0 unspecified atom stereocenters. The molecule has 0 amide bonds. The number of carbonyl (C=O) groups is 1. The molecule has 1 aliphatic rings. The van der Waals surface area contributed by atoms with Gasteiger partial charge in [-0.3, -0.25) is 4.79 Å². The van der Waals surface area contributed by atoms with Gasteiger partial charge in [0.25, 0.3) is 0 Å². The molecule has 0 bridgehead atoms. The van der Waals surface area contributed by atoms with Crippen LogP contribution in [0.4, 0.5) is 5.69 Å². The normalized spacial score (nSPS) is 16.3. The van der Waals surface area contributed by atoms with Crippen LogP contribution in [0.5, 0.6) is 0 Å². The van der Waals surface area contributed by atoms with Gasteiger partial charge in [0.1, 0.15) is 0 Å². The van der Waals surface area contributed by atoms with Crippen LogP contribution in [0.1, 0.15) is 12.8 Å². The monoisotopic (exact) mass is 255 g/mol. The first kappa shape index (κ1) is 12.0. The Labute approximate surface area is 112 Å². The van der Waals surface area contributed by atoms with Gasteiger partial charge in [-0.1, -0.05) is 30.3 Å². The highest BCUT2D eigenvalue weighted by Crippen LogP contribution is 2.46. The lowest BCUT2D eigenvalue weighted by atomic mass is 10.1. The number of carboxylic acids is 1. The molecule has 1 N–H and O–H groups in total. The van der Waals surface area contributed by atoms with Crippen LogP contribution < -0.4 is 4.90 Å². The number of hydrogen-bond donors (Lipinski definition) is 1. The highest BCUT2D eigenvalue weighted by atomic mass is 16.4. The van der Waals surface area contributed by atoms with E-state index < -0.39 is 11.4 Å². The van der Waals surface area contributed by atoms with Crippen molar-refractivity contribution in [1.29, 1.82) is 0 Å². The molecule has 3 heteroatoms. The highest BCUT2D eigenvalue weighted by molar-refractivity contribution is 5.86. The van der Waals surface area contributed by atoms with Gasteiger partial charge in [0.2, 0.25) is 0 Å². The van der Waals surface area contributed by atoms with Gasteiger partial charge in [0, 0.05) is 19.3 Å². The molecule has 0 atom stereocenters. The van der Waals surface area contributed by atoms with Crippen molar-refractivity contribution in [2.24, 2.45) is 5.41 Å². The molecule has 0 radical (unpaired) electrons. The van der Waals surface area contributed by atoms with E-state index in [-0.39, 0.29) is 0 Å². The quantitative estimate of drug-likeness (QED) is 0.912. The molecule has 2 aromatic carbocycles. The Balaban J connectivity index is 1.85. The average molecular weight is 255 g/mol. The van der Waals surface area contributed by atoms with E-state index in [9.17, 15) is 9.90 Å². The largest absolute Gasteiger partial charge is 0.481 e. The average Bonchev–Trinajstić information content (AvgIpc) is 3.19. The van der Waals surface area contributed by atoms with Gasteiger partial charge in [-0.25, -0.2) is 0 Å². The minimum Gasteiger partial charge on any atom is -0.481 e. The Bertz CT molecular complexity index is 631. The predicted octanol–water partition coefficient (Wildman–Crippen LogP) is 3.14. The Morgan fingerprint density at radius 3 is 2.53 bits per heavy atom. The summed E-state index contributed by atoms with van der Waals surface area (Å²) < 4.78 is 0. The molecule has 1 saturated carbocycles. The lowest BCUT2D eigenvalue weighted by molar-refractivity contribution is -0.142. The van der Waals surface area contributed by atoms with Crippen LogP contribution in [0.25, 0.3) is 10.8 Å². The Morgan fingerprint density at radius 2 is 1.89 bits per heavy atom. The second-order valence-electron chi connectivity index (χ2n) is 5.47. The van der Waals surface area contributed by atoms with Crippen molar-refractivity contribution >= 4 is 22.4 Å². The maximum atomic E-state index is 11.2. The number of aliphatic carboxylic acids is 1. The van der Waals surface area contributed by atoms with Crippen LogP contribution in [-0.2, 0) is 4.79 Å². The molecule has 0 heterocycles. The Kier molecular flexibility index (Phi) is 2.70. The lowest BCUT2D eigenvalue weighted by Gasteiger charge is -2.23. The number of hydrogen-bond acceptors (Lipinski definition) is 2. The van der Waals surface area contributed by atoms with Crippen LogP contribution in [-0.4, -0.2) is 24.7 Å². The van der Waals surface area contributed by atoms with Gasteiger partial charge in [-0.15, -0.1) is 0 Å². The Hall–Kier alpha value is -2.03. The maximum Gasteiger partial charge on any atom is 0.311 e. The SMILES string of the molecule is CN(CC1(C(=O)O)CC1)c1ccc2ccccc2c1. The lowest BCUT2D eigenvalue weighted by Crippen LogP contribution is -2.31. The number of carboxylic acid groups (broad SMARTS) is 1. The van der Waals surface area contributed by atoms with E-state index in [0.29, 0.717) is 6.54 Å². The van der Waals surface area contributed by atoms with Gasteiger partial charge in [0.15, 0.2) is 0 Å². The second-order valence-corrected chi connectivity index (χ2v) is 5.47. The van der Waals surface area contributed by atoms with Crippen molar-refractivity contribution < 1.29 is 9.90 Å². The molecule has 98 valence electrons. The van der Waals surface area contributed by atoms with Gasteiger partial charge in [-0.2, -0.15) is 0 Å². The van der Waals surface area contributed by atoms with Crippen LogP contribution in [0.3, 0.4) is 0 Å². The summed E-state index contributed by atoms with van der Waals surface area (Å²) >= 11 is 0. The van der Waals surface area contributed by atoms with E-state index in [1.807, 2.05) is 24.1 Å². The van der Waals surface area contributed by atoms with Gasteiger partial charge in [0.05, 0.1) is 5.41 Å². The minimum absolute atomic E-state index is 0.513. The van der Waals surface area contributed by atoms with Crippen LogP contribution >= 0.6 is 0 Å². The van der Waals surface area contributed by atoms with Crippen LogP contribution in [0.15, 0.2) is 42.5 Å². The smallest absolute Gasteiger partial charge is 0.311 e. The second kappa shape index (κ2) is 4.26. The van der Waals surface area contributed by atoms with Crippen molar-refractivity contribution in [2.45, 2.75) is 12.8 Å². The fourth-order valence-electron chi connectivity index (χ4n) is 2.55. The molecular weight excluding hydrogens is 238 g/mol. The van der Waals surface area contributed by atoms with E-state index >= 15 is 0 Å². The molecule has 1 fully saturated rings. The molecule has 0 aliphatic heterocycles. The van der Waals surface area contributed by atoms with Gasteiger partial charge < -0.3 is 10.0 Å². The van der Waals surface area contributed by atoms with Crippen molar-refractivity contribution in [3.05, 3.63) is 42.5 Å². The molecule has 0 aromatic heterocycles. The molecular formula is C16H17NO2. The third kappa shape index (κ3) is 2.16. The molecule has 3 rings (SSSR count). The van der Waals surface area contributed by atoms with Crippen molar-refractivity contribution in [3.8, 4) is 0 Å². The Morgan fingerprint density at radius 1 is 1.21 bits per heavy atom. The molecule has 3 nitrogen and oxygen atoms in total. The molecule has 2 aromatic rings. The van der Waals surface area contributed by atoms with Crippen LogP contribution in [0.2, 0.25) is 0 Å². The summed E-state index contributed by atoms with van der Waals surface area (Å²) in [5.41, 5.74) is 0.562. The number of nitrogens with zero attached hydrogens (tertiary/aromatic N) is 1. The van der Waals surface area contributed by atoms with Crippen molar-refractivity contribution in [2.75, 3.05) is 18.5 Å². The standard InChI is InChI=1S/C16H17NO2/c1-17(11-16(8-9-16)15(18)19)14-7-6-12-4-2-3-5-13(12)10-14/h2-7,10H,8-9,11H2,1H3,(H,18,19). The molecule has 1 aliphatic carbocycles. The predicted molar refractivity (Wildman–Crippen MR) is 76.5 cm³/mol. The number of benzene rings is 2. The number of rotatable bonds is 4. The molecule has 19 heavy (non-hydrogen) atoms. The summed E-state index contributed by atoms with van der Waals surface area (Å²) in [6.45, 7) is 0.584. The third-order valence-corrected chi connectivity index (χ3v) is 4.02. The molecule has 0 saturated heterocycles. The maximum absolute atomic E-state index is 11.2. The zero-order valence-electron chi connectivity index (χ0n) is 11.0. The van der Waals surface area contributed by atoms with E-state index in [0.717, 1.165) is 18.5 Å².